The third-order valence-corrected chi connectivity index (χ3v) is 4.71. The summed E-state index contributed by atoms with van der Waals surface area (Å²) >= 11 is 1.58. The molecule has 0 atom stereocenters. The van der Waals surface area contributed by atoms with Gasteiger partial charge in [0.15, 0.2) is 11.0 Å². The van der Waals surface area contributed by atoms with Crippen LogP contribution in [-0.4, -0.2) is 14.8 Å². The molecule has 118 valence electrons. The Hall–Kier alpha value is -2.14. The number of halogens is 1. The molecule has 0 fully saturated rings. The SMILES string of the molecule is CCn1c(SCc2cccc(F)c2)nnc1-c1ccccc1C. The summed E-state index contributed by atoms with van der Waals surface area (Å²) in [6.07, 6.45) is 0. The largest absolute Gasteiger partial charge is 0.302 e. The van der Waals surface area contributed by atoms with E-state index in [9.17, 15) is 4.39 Å². The molecule has 0 saturated heterocycles. The lowest BCUT2D eigenvalue weighted by atomic mass is 10.1. The fourth-order valence-electron chi connectivity index (χ4n) is 2.48. The average molecular weight is 327 g/mol. The molecule has 0 bridgehead atoms. The molecule has 0 radical (unpaired) electrons. The van der Waals surface area contributed by atoms with E-state index in [2.05, 4.69) is 40.7 Å². The summed E-state index contributed by atoms with van der Waals surface area (Å²) in [6, 6.07) is 14.8. The molecular formula is C18H18FN3S. The van der Waals surface area contributed by atoms with Crippen molar-refractivity contribution >= 4 is 11.8 Å². The van der Waals surface area contributed by atoms with Crippen molar-refractivity contribution in [3.63, 3.8) is 0 Å². The summed E-state index contributed by atoms with van der Waals surface area (Å²) in [7, 11) is 0. The first kappa shape index (κ1) is 15.7. The van der Waals surface area contributed by atoms with Crippen LogP contribution in [0, 0.1) is 12.7 Å². The third-order valence-electron chi connectivity index (χ3n) is 3.68. The van der Waals surface area contributed by atoms with Gasteiger partial charge in [0.25, 0.3) is 0 Å². The van der Waals surface area contributed by atoms with E-state index in [1.165, 1.54) is 11.6 Å². The lowest BCUT2D eigenvalue weighted by molar-refractivity contribution is 0.626. The van der Waals surface area contributed by atoms with Crippen molar-refractivity contribution in [2.24, 2.45) is 0 Å². The Balaban J connectivity index is 1.85. The Bertz CT molecular complexity index is 814. The molecule has 0 spiro atoms. The van der Waals surface area contributed by atoms with Gasteiger partial charge in [0.05, 0.1) is 0 Å². The molecule has 3 rings (SSSR count). The van der Waals surface area contributed by atoms with Gasteiger partial charge < -0.3 is 4.57 Å². The first-order chi connectivity index (χ1) is 11.2. The number of aromatic nitrogens is 3. The quantitative estimate of drug-likeness (QED) is 0.636. The minimum absolute atomic E-state index is 0.208. The van der Waals surface area contributed by atoms with Crippen LogP contribution in [0.3, 0.4) is 0 Å². The van der Waals surface area contributed by atoms with Crippen LogP contribution >= 0.6 is 11.8 Å². The number of thioether (sulfide) groups is 1. The summed E-state index contributed by atoms with van der Waals surface area (Å²) in [5, 5.41) is 9.55. The van der Waals surface area contributed by atoms with E-state index in [4.69, 9.17) is 0 Å². The van der Waals surface area contributed by atoms with Crippen LogP contribution < -0.4 is 0 Å². The molecule has 0 unspecified atom stereocenters. The molecule has 3 nitrogen and oxygen atoms in total. The monoisotopic (exact) mass is 327 g/mol. The Kier molecular flexibility index (Phi) is 4.76. The highest BCUT2D eigenvalue weighted by Gasteiger charge is 2.14. The highest BCUT2D eigenvalue weighted by molar-refractivity contribution is 7.98. The molecule has 0 aliphatic rings. The molecular weight excluding hydrogens is 309 g/mol. The Morgan fingerprint density at radius 1 is 1.09 bits per heavy atom. The molecule has 0 aliphatic heterocycles. The summed E-state index contributed by atoms with van der Waals surface area (Å²) in [5.41, 5.74) is 3.22. The molecule has 5 heteroatoms. The number of hydrogen-bond acceptors (Lipinski definition) is 3. The zero-order valence-electron chi connectivity index (χ0n) is 13.2. The zero-order chi connectivity index (χ0) is 16.2. The minimum Gasteiger partial charge on any atom is -0.302 e. The van der Waals surface area contributed by atoms with Crippen LogP contribution in [0.15, 0.2) is 53.7 Å². The Morgan fingerprint density at radius 3 is 2.65 bits per heavy atom. The first-order valence-electron chi connectivity index (χ1n) is 7.55. The number of rotatable bonds is 5. The molecule has 0 amide bonds. The van der Waals surface area contributed by atoms with E-state index in [0.717, 1.165) is 28.7 Å². The lowest BCUT2D eigenvalue weighted by Crippen LogP contribution is -2.00. The van der Waals surface area contributed by atoms with E-state index in [0.29, 0.717) is 5.75 Å². The van der Waals surface area contributed by atoms with Gasteiger partial charge in [-0.1, -0.05) is 48.2 Å². The molecule has 1 aromatic heterocycles. The van der Waals surface area contributed by atoms with Crippen LogP contribution in [0.25, 0.3) is 11.4 Å². The summed E-state index contributed by atoms with van der Waals surface area (Å²) in [5.74, 6) is 1.34. The van der Waals surface area contributed by atoms with E-state index in [1.54, 1.807) is 23.9 Å². The first-order valence-corrected chi connectivity index (χ1v) is 8.54. The second-order valence-electron chi connectivity index (χ2n) is 5.28. The minimum atomic E-state index is -0.208. The predicted molar refractivity (Wildman–Crippen MR) is 91.8 cm³/mol. The van der Waals surface area contributed by atoms with Gasteiger partial charge >= 0.3 is 0 Å². The molecule has 0 saturated carbocycles. The maximum atomic E-state index is 13.3. The molecule has 2 aromatic carbocycles. The van der Waals surface area contributed by atoms with Gasteiger partial charge in [0.2, 0.25) is 0 Å². The van der Waals surface area contributed by atoms with Gasteiger partial charge in [-0.05, 0) is 37.1 Å². The van der Waals surface area contributed by atoms with Crippen LogP contribution in [0.2, 0.25) is 0 Å². The van der Waals surface area contributed by atoms with Crippen molar-refractivity contribution in [2.75, 3.05) is 0 Å². The number of nitrogens with zero attached hydrogens (tertiary/aromatic N) is 3. The van der Waals surface area contributed by atoms with Gasteiger partial charge in [0.1, 0.15) is 5.82 Å². The van der Waals surface area contributed by atoms with Gasteiger partial charge in [-0.25, -0.2) is 4.39 Å². The topological polar surface area (TPSA) is 30.7 Å². The fraction of sp³-hybridized carbons (Fsp3) is 0.222. The van der Waals surface area contributed by atoms with Crippen molar-refractivity contribution in [1.29, 1.82) is 0 Å². The van der Waals surface area contributed by atoms with E-state index in [-0.39, 0.29) is 5.82 Å². The van der Waals surface area contributed by atoms with Crippen molar-refractivity contribution in [2.45, 2.75) is 31.3 Å². The summed E-state index contributed by atoms with van der Waals surface area (Å²) < 4.78 is 15.4. The Morgan fingerprint density at radius 2 is 1.91 bits per heavy atom. The van der Waals surface area contributed by atoms with Gasteiger partial charge in [-0.3, -0.25) is 0 Å². The van der Waals surface area contributed by atoms with Crippen molar-refractivity contribution in [3.05, 3.63) is 65.5 Å². The smallest absolute Gasteiger partial charge is 0.191 e. The highest BCUT2D eigenvalue weighted by atomic mass is 32.2. The van der Waals surface area contributed by atoms with Gasteiger partial charge in [-0.15, -0.1) is 10.2 Å². The maximum Gasteiger partial charge on any atom is 0.191 e. The van der Waals surface area contributed by atoms with E-state index in [1.807, 2.05) is 18.2 Å². The normalized spacial score (nSPS) is 10.9. The molecule has 0 N–H and O–H groups in total. The predicted octanol–water partition coefficient (Wildman–Crippen LogP) is 4.70. The van der Waals surface area contributed by atoms with Crippen molar-refractivity contribution in [1.82, 2.24) is 14.8 Å². The fourth-order valence-corrected chi connectivity index (χ4v) is 3.42. The zero-order valence-corrected chi connectivity index (χ0v) is 14.0. The van der Waals surface area contributed by atoms with E-state index >= 15 is 0 Å². The molecule has 1 heterocycles. The molecule has 0 aliphatic carbocycles. The van der Waals surface area contributed by atoms with Crippen molar-refractivity contribution < 1.29 is 4.39 Å². The molecule has 3 aromatic rings. The van der Waals surface area contributed by atoms with Crippen LogP contribution in [-0.2, 0) is 12.3 Å². The van der Waals surface area contributed by atoms with Crippen LogP contribution in [0.5, 0.6) is 0 Å². The molecule has 23 heavy (non-hydrogen) atoms. The van der Waals surface area contributed by atoms with Crippen LogP contribution in [0.1, 0.15) is 18.1 Å². The number of aryl methyl sites for hydroxylation is 1. The maximum absolute atomic E-state index is 13.3. The second-order valence-corrected chi connectivity index (χ2v) is 6.23. The standard InChI is InChI=1S/C18H18FN3S/c1-3-22-17(16-10-5-4-7-13(16)2)20-21-18(22)23-12-14-8-6-9-15(19)11-14/h4-11H,3,12H2,1-2H3. The summed E-state index contributed by atoms with van der Waals surface area (Å²) in [4.78, 5) is 0. The average Bonchev–Trinajstić information content (AvgIpc) is 2.96. The Labute approximate surface area is 139 Å². The number of benzene rings is 2. The third kappa shape index (κ3) is 3.45. The van der Waals surface area contributed by atoms with Gasteiger partial charge in [0, 0.05) is 17.9 Å². The summed E-state index contributed by atoms with van der Waals surface area (Å²) in [6.45, 7) is 4.95. The number of hydrogen-bond donors (Lipinski definition) is 0. The van der Waals surface area contributed by atoms with Gasteiger partial charge in [-0.2, -0.15) is 0 Å². The van der Waals surface area contributed by atoms with E-state index < -0.39 is 0 Å². The highest BCUT2D eigenvalue weighted by Crippen LogP contribution is 2.28. The van der Waals surface area contributed by atoms with Crippen LogP contribution in [0.4, 0.5) is 4.39 Å². The lowest BCUT2D eigenvalue weighted by Gasteiger charge is -2.09. The second kappa shape index (κ2) is 6.96. The van der Waals surface area contributed by atoms with Crippen molar-refractivity contribution in [3.8, 4) is 11.4 Å².